The first-order valence-electron chi connectivity index (χ1n) is 8.49. The van der Waals surface area contributed by atoms with Crippen LogP contribution in [0.4, 0.5) is 10.2 Å². The standard InChI is InChI=1S/C20H16Cl2FN3O3/c1-12(20(27)26(2)18-16(22)4-3-9-24-18)28-14-5-7-15(8-6-14)29-19-17(23)10-13(21)11-25-19/h3-12H,1-2H3/t12-/m1/s1. The molecular weight excluding hydrogens is 420 g/mol. The zero-order valence-corrected chi connectivity index (χ0v) is 17.0. The fourth-order valence-corrected chi connectivity index (χ4v) is 2.82. The van der Waals surface area contributed by atoms with Crippen molar-refractivity contribution in [2.24, 2.45) is 0 Å². The van der Waals surface area contributed by atoms with Crippen molar-refractivity contribution in [2.75, 3.05) is 11.9 Å². The lowest BCUT2D eigenvalue weighted by atomic mass is 10.3. The van der Waals surface area contributed by atoms with E-state index in [0.29, 0.717) is 22.3 Å². The molecule has 2 aromatic heterocycles. The number of likely N-dealkylation sites (N-methyl/N-ethyl adjacent to an activating group) is 1. The van der Waals surface area contributed by atoms with Crippen molar-refractivity contribution in [1.29, 1.82) is 0 Å². The quantitative estimate of drug-likeness (QED) is 0.535. The van der Waals surface area contributed by atoms with Gasteiger partial charge in [-0.2, -0.15) is 0 Å². The van der Waals surface area contributed by atoms with Crippen molar-refractivity contribution in [2.45, 2.75) is 13.0 Å². The fraction of sp³-hybridized carbons (Fsp3) is 0.150. The van der Waals surface area contributed by atoms with Crippen LogP contribution in [0.1, 0.15) is 6.92 Å². The highest BCUT2D eigenvalue weighted by atomic mass is 35.5. The van der Waals surface area contributed by atoms with Crippen molar-refractivity contribution in [3.05, 3.63) is 70.7 Å². The molecule has 0 spiro atoms. The van der Waals surface area contributed by atoms with Crippen LogP contribution >= 0.6 is 23.2 Å². The van der Waals surface area contributed by atoms with Crippen LogP contribution in [0.3, 0.4) is 0 Å². The van der Waals surface area contributed by atoms with Crippen molar-refractivity contribution >= 4 is 34.9 Å². The van der Waals surface area contributed by atoms with Gasteiger partial charge in [0.1, 0.15) is 11.5 Å². The highest BCUT2D eigenvalue weighted by Gasteiger charge is 2.22. The largest absolute Gasteiger partial charge is 0.481 e. The number of hydrogen-bond donors (Lipinski definition) is 0. The van der Waals surface area contributed by atoms with E-state index in [1.54, 1.807) is 56.6 Å². The number of benzene rings is 1. The van der Waals surface area contributed by atoms with E-state index in [-0.39, 0.29) is 16.8 Å². The maximum atomic E-state index is 13.8. The van der Waals surface area contributed by atoms with E-state index >= 15 is 0 Å². The molecule has 0 aliphatic carbocycles. The summed E-state index contributed by atoms with van der Waals surface area (Å²) in [7, 11) is 1.57. The predicted molar refractivity (Wildman–Crippen MR) is 108 cm³/mol. The van der Waals surface area contributed by atoms with Crippen LogP contribution in [0.2, 0.25) is 10.0 Å². The van der Waals surface area contributed by atoms with Gasteiger partial charge in [-0.15, -0.1) is 0 Å². The average Bonchev–Trinajstić information content (AvgIpc) is 2.70. The lowest BCUT2D eigenvalue weighted by Gasteiger charge is -2.22. The first kappa shape index (κ1) is 20.8. The second-order valence-corrected chi connectivity index (χ2v) is 6.82. The topological polar surface area (TPSA) is 64.6 Å². The van der Waals surface area contributed by atoms with Crippen LogP contribution in [0, 0.1) is 5.82 Å². The zero-order valence-electron chi connectivity index (χ0n) is 15.5. The van der Waals surface area contributed by atoms with Crippen molar-refractivity contribution in [3.8, 4) is 17.4 Å². The van der Waals surface area contributed by atoms with Gasteiger partial charge in [-0.3, -0.25) is 9.69 Å². The van der Waals surface area contributed by atoms with Crippen LogP contribution in [0.25, 0.3) is 0 Å². The van der Waals surface area contributed by atoms with E-state index in [1.807, 2.05) is 0 Å². The van der Waals surface area contributed by atoms with E-state index in [9.17, 15) is 9.18 Å². The molecule has 6 nitrogen and oxygen atoms in total. The maximum Gasteiger partial charge on any atom is 0.268 e. The van der Waals surface area contributed by atoms with E-state index in [0.717, 1.165) is 6.07 Å². The number of rotatable bonds is 6. The normalized spacial score (nSPS) is 11.6. The summed E-state index contributed by atoms with van der Waals surface area (Å²) >= 11 is 11.7. The van der Waals surface area contributed by atoms with Gasteiger partial charge >= 0.3 is 0 Å². The number of carbonyl (C=O) groups is 1. The SMILES string of the molecule is C[C@@H](Oc1ccc(Oc2ncc(Cl)cc2F)cc1)C(=O)N(C)c1ncccc1Cl. The summed E-state index contributed by atoms with van der Waals surface area (Å²) in [6.07, 6.45) is 2.04. The van der Waals surface area contributed by atoms with Gasteiger partial charge in [-0.1, -0.05) is 23.2 Å². The third-order valence-corrected chi connectivity index (χ3v) is 4.36. The lowest BCUT2D eigenvalue weighted by Crippen LogP contribution is -2.38. The molecular formula is C20H16Cl2FN3O3. The van der Waals surface area contributed by atoms with Crippen LogP contribution in [0.5, 0.6) is 17.4 Å². The molecule has 0 bridgehead atoms. The highest BCUT2D eigenvalue weighted by Crippen LogP contribution is 2.27. The smallest absolute Gasteiger partial charge is 0.268 e. The van der Waals surface area contributed by atoms with Crippen LogP contribution in [-0.4, -0.2) is 29.0 Å². The molecule has 0 N–H and O–H groups in total. The Balaban J connectivity index is 1.64. The number of carbonyl (C=O) groups excluding carboxylic acids is 1. The zero-order chi connectivity index (χ0) is 21.0. The minimum atomic E-state index is -0.791. The Morgan fingerprint density at radius 1 is 1.14 bits per heavy atom. The Kier molecular flexibility index (Phi) is 6.51. The summed E-state index contributed by atoms with van der Waals surface area (Å²) in [5.74, 6) is -0.0614. The molecule has 3 rings (SSSR count). The molecule has 0 saturated carbocycles. The van der Waals surface area contributed by atoms with Gasteiger partial charge < -0.3 is 9.47 Å². The number of ether oxygens (including phenoxy) is 2. The first-order valence-corrected chi connectivity index (χ1v) is 9.24. The maximum absolute atomic E-state index is 13.8. The second kappa shape index (κ2) is 9.07. The number of hydrogen-bond acceptors (Lipinski definition) is 5. The Labute approximate surface area is 176 Å². The van der Waals surface area contributed by atoms with Crippen LogP contribution in [0.15, 0.2) is 54.9 Å². The van der Waals surface area contributed by atoms with Gasteiger partial charge in [0, 0.05) is 19.4 Å². The number of pyridine rings is 2. The summed E-state index contributed by atoms with van der Waals surface area (Å²) < 4.78 is 24.8. The molecule has 0 fully saturated rings. The molecule has 3 aromatic rings. The molecule has 2 heterocycles. The lowest BCUT2D eigenvalue weighted by molar-refractivity contribution is -0.124. The monoisotopic (exact) mass is 435 g/mol. The molecule has 1 aromatic carbocycles. The molecule has 150 valence electrons. The Bertz CT molecular complexity index is 1020. The van der Waals surface area contributed by atoms with E-state index in [2.05, 4.69) is 9.97 Å². The van der Waals surface area contributed by atoms with E-state index in [4.69, 9.17) is 32.7 Å². The highest BCUT2D eigenvalue weighted by molar-refractivity contribution is 6.33. The molecule has 0 aliphatic rings. The van der Waals surface area contributed by atoms with Gasteiger partial charge in [-0.25, -0.2) is 14.4 Å². The van der Waals surface area contributed by atoms with Crippen LogP contribution in [-0.2, 0) is 4.79 Å². The van der Waals surface area contributed by atoms with Gasteiger partial charge in [0.2, 0.25) is 0 Å². The summed E-state index contributed by atoms with van der Waals surface area (Å²) in [6, 6.07) is 10.8. The third-order valence-electron chi connectivity index (χ3n) is 3.86. The van der Waals surface area contributed by atoms with E-state index in [1.165, 1.54) is 11.1 Å². The molecule has 9 heteroatoms. The molecule has 0 radical (unpaired) electrons. The van der Waals surface area contributed by atoms with E-state index < -0.39 is 11.9 Å². The molecule has 0 saturated heterocycles. The molecule has 0 unspecified atom stereocenters. The number of nitrogens with zero attached hydrogens (tertiary/aromatic N) is 3. The fourth-order valence-electron chi connectivity index (χ4n) is 2.43. The van der Waals surface area contributed by atoms with Crippen molar-refractivity contribution in [1.82, 2.24) is 9.97 Å². The third kappa shape index (κ3) is 5.13. The minimum absolute atomic E-state index is 0.175. The summed E-state index contributed by atoms with van der Waals surface area (Å²) in [5, 5.41) is 0.536. The Morgan fingerprint density at radius 3 is 2.48 bits per heavy atom. The summed E-state index contributed by atoms with van der Waals surface area (Å²) in [5.41, 5.74) is 0. The van der Waals surface area contributed by atoms with Gasteiger partial charge in [-0.05, 0) is 49.4 Å². The summed E-state index contributed by atoms with van der Waals surface area (Å²) in [6.45, 7) is 1.62. The number of anilines is 1. The molecule has 1 amide bonds. The molecule has 0 aliphatic heterocycles. The Morgan fingerprint density at radius 2 is 1.83 bits per heavy atom. The number of amides is 1. The van der Waals surface area contributed by atoms with Gasteiger partial charge in [0.25, 0.3) is 11.8 Å². The average molecular weight is 436 g/mol. The van der Waals surface area contributed by atoms with Crippen LogP contribution < -0.4 is 14.4 Å². The molecule has 1 atom stereocenters. The predicted octanol–water partition coefficient (Wildman–Crippen LogP) is 5.15. The van der Waals surface area contributed by atoms with Gasteiger partial charge in [0.05, 0.1) is 10.0 Å². The van der Waals surface area contributed by atoms with Crippen molar-refractivity contribution < 1.29 is 18.7 Å². The minimum Gasteiger partial charge on any atom is -0.481 e. The molecule has 29 heavy (non-hydrogen) atoms. The second-order valence-electron chi connectivity index (χ2n) is 5.98. The number of halogens is 3. The van der Waals surface area contributed by atoms with Crippen molar-refractivity contribution in [3.63, 3.8) is 0 Å². The summed E-state index contributed by atoms with van der Waals surface area (Å²) in [4.78, 5) is 21.8. The Hall–Kier alpha value is -2.90. The number of aromatic nitrogens is 2. The van der Waals surface area contributed by atoms with Gasteiger partial charge in [0.15, 0.2) is 17.7 Å². The first-order chi connectivity index (χ1) is 13.8.